The molecule has 0 aliphatic rings. The van der Waals surface area contributed by atoms with E-state index in [1.54, 1.807) is 0 Å². The van der Waals surface area contributed by atoms with Crippen LogP contribution in [0.15, 0.2) is 150 Å². The lowest BCUT2D eigenvalue weighted by molar-refractivity contribution is 1.18. The summed E-state index contributed by atoms with van der Waals surface area (Å²) in [5, 5.41) is 2.52. The van der Waals surface area contributed by atoms with Gasteiger partial charge in [-0.1, -0.05) is 125 Å². The molecule has 7 rings (SSSR count). The molecule has 1 nitrogen and oxygen atoms in total. The smallest absolute Gasteiger partial charge is 0.0547 e. The van der Waals surface area contributed by atoms with Crippen LogP contribution < -0.4 is 0 Å². The van der Waals surface area contributed by atoms with E-state index in [2.05, 4.69) is 166 Å². The van der Waals surface area contributed by atoms with E-state index in [1.807, 2.05) is 0 Å². The van der Waals surface area contributed by atoms with Crippen molar-refractivity contribution in [1.29, 1.82) is 0 Å². The lowest BCUT2D eigenvalue weighted by Crippen LogP contribution is -1.95. The zero-order valence-electron chi connectivity index (χ0n) is 20.7. The van der Waals surface area contributed by atoms with Crippen LogP contribution in [0.2, 0.25) is 0 Å². The molecular formula is C36H24BrN. The van der Waals surface area contributed by atoms with E-state index in [0.717, 1.165) is 10.2 Å². The van der Waals surface area contributed by atoms with Crippen LogP contribution in [0.3, 0.4) is 0 Å². The van der Waals surface area contributed by atoms with Gasteiger partial charge in [0.25, 0.3) is 0 Å². The van der Waals surface area contributed by atoms with Crippen LogP contribution in [-0.2, 0) is 0 Å². The highest BCUT2D eigenvalue weighted by atomic mass is 79.9. The number of halogens is 1. The maximum absolute atomic E-state index is 3.64. The first kappa shape index (κ1) is 22.8. The van der Waals surface area contributed by atoms with Crippen molar-refractivity contribution in [2.75, 3.05) is 0 Å². The Kier molecular flexibility index (Phi) is 5.68. The molecule has 0 unspecified atom stereocenters. The van der Waals surface area contributed by atoms with E-state index in [-0.39, 0.29) is 0 Å². The lowest BCUT2D eigenvalue weighted by atomic mass is 9.94. The molecule has 38 heavy (non-hydrogen) atoms. The summed E-state index contributed by atoms with van der Waals surface area (Å²) >= 11 is 3.64. The van der Waals surface area contributed by atoms with Crippen LogP contribution in [-0.4, -0.2) is 4.57 Å². The van der Waals surface area contributed by atoms with E-state index in [0.29, 0.717) is 0 Å². The number of aromatic nitrogens is 1. The molecule has 180 valence electrons. The summed E-state index contributed by atoms with van der Waals surface area (Å²) in [7, 11) is 0. The van der Waals surface area contributed by atoms with E-state index >= 15 is 0 Å². The Morgan fingerprint density at radius 3 is 1.87 bits per heavy atom. The molecule has 0 aliphatic carbocycles. The normalized spacial score (nSPS) is 11.3. The molecule has 0 aliphatic heterocycles. The number of fused-ring (bicyclic) bond motifs is 3. The van der Waals surface area contributed by atoms with Gasteiger partial charge in [0, 0.05) is 20.9 Å². The van der Waals surface area contributed by atoms with Gasteiger partial charge in [0.1, 0.15) is 0 Å². The van der Waals surface area contributed by atoms with Gasteiger partial charge in [0.2, 0.25) is 0 Å². The topological polar surface area (TPSA) is 4.93 Å². The molecule has 2 heteroatoms. The SMILES string of the molecule is Brc1cccc(-c2ccc3c4ccccc4n(-c4cccc(-c5ccccc5-c5ccccc5)c4)c3c2)c1. The van der Waals surface area contributed by atoms with Gasteiger partial charge in [-0.05, 0) is 69.8 Å². The first-order valence-corrected chi connectivity index (χ1v) is 13.6. The van der Waals surface area contributed by atoms with Crippen molar-refractivity contribution in [3.8, 4) is 39.1 Å². The van der Waals surface area contributed by atoms with E-state index < -0.39 is 0 Å². The Morgan fingerprint density at radius 1 is 0.395 bits per heavy atom. The number of benzene rings is 6. The molecule has 0 saturated heterocycles. The van der Waals surface area contributed by atoms with Gasteiger partial charge in [-0.2, -0.15) is 0 Å². The number of hydrogen-bond donors (Lipinski definition) is 0. The summed E-state index contributed by atoms with van der Waals surface area (Å²) in [6, 6.07) is 52.2. The van der Waals surface area contributed by atoms with Crippen molar-refractivity contribution >= 4 is 37.7 Å². The fourth-order valence-corrected chi connectivity index (χ4v) is 5.91. The summed E-state index contributed by atoms with van der Waals surface area (Å²) in [5.74, 6) is 0. The van der Waals surface area contributed by atoms with Crippen LogP contribution in [0, 0.1) is 0 Å². The quantitative estimate of drug-likeness (QED) is 0.205. The third-order valence-corrected chi connectivity index (χ3v) is 7.75. The van der Waals surface area contributed by atoms with Gasteiger partial charge >= 0.3 is 0 Å². The number of para-hydroxylation sites is 1. The first-order chi connectivity index (χ1) is 18.8. The number of nitrogens with zero attached hydrogens (tertiary/aromatic N) is 1. The molecule has 0 fully saturated rings. The average molecular weight is 550 g/mol. The molecule has 0 amide bonds. The Hall–Kier alpha value is -4.40. The molecule has 0 spiro atoms. The number of rotatable bonds is 4. The fourth-order valence-electron chi connectivity index (χ4n) is 5.51. The van der Waals surface area contributed by atoms with Crippen LogP contribution in [0.1, 0.15) is 0 Å². The highest BCUT2D eigenvalue weighted by Gasteiger charge is 2.15. The van der Waals surface area contributed by atoms with Gasteiger partial charge in [-0.3, -0.25) is 0 Å². The van der Waals surface area contributed by atoms with Crippen LogP contribution in [0.4, 0.5) is 0 Å². The van der Waals surface area contributed by atoms with Gasteiger partial charge in [-0.15, -0.1) is 0 Å². The summed E-state index contributed by atoms with van der Waals surface area (Å²) < 4.78 is 3.49. The molecule has 0 radical (unpaired) electrons. The maximum atomic E-state index is 3.64. The van der Waals surface area contributed by atoms with Crippen LogP contribution in [0.5, 0.6) is 0 Å². The van der Waals surface area contributed by atoms with Crippen molar-refractivity contribution in [3.05, 3.63) is 150 Å². The molecule has 7 aromatic rings. The highest BCUT2D eigenvalue weighted by molar-refractivity contribution is 9.10. The molecule has 1 heterocycles. The predicted molar refractivity (Wildman–Crippen MR) is 165 cm³/mol. The molecule has 0 N–H and O–H groups in total. The third-order valence-electron chi connectivity index (χ3n) is 7.26. The first-order valence-electron chi connectivity index (χ1n) is 12.8. The predicted octanol–water partition coefficient (Wildman–Crippen LogP) is 10.5. The molecule has 0 saturated carbocycles. The third kappa shape index (κ3) is 3.95. The minimum Gasteiger partial charge on any atom is -0.309 e. The lowest BCUT2D eigenvalue weighted by Gasteiger charge is -2.14. The molecule has 1 aromatic heterocycles. The van der Waals surface area contributed by atoms with Gasteiger partial charge in [0.05, 0.1) is 11.0 Å². The minimum atomic E-state index is 1.08. The summed E-state index contributed by atoms with van der Waals surface area (Å²) in [5.41, 5.74) is 10.9. The second kappa shape index (κ2) is 9.48. The number of hydrogen-bond acceptors (Lipinski definition) is 0. The second-order valence-corrected chi connectivity index (χ2v) is 10.5. The summed E-state index contributed by atoms with van der Waals surface area (Å²) in [4.78, 5) is 0. The van der Waals surface area contributed by atoms with Crippen molar-refractivity contribution in [3.63, 3.8) is 0 Å². The zero-order chi connectivity index (χ0) is 25.5. The van der Waals surface area contributed by atoms with Crippen LogP contribution >= 0.6 is 15.9 Å². The Labute approximate surface area is 230 Å². The van der Waals surface area contributed by atoms with Crippen molar-refractivity contribution in [1.82, 2.24) is 4.57 Å². The summed E-state index contributed by atoms with van der Waals surface area (Å²) in [6.45, 7) is 0. The van der Waals surface area contributed by atoms with Crippen molar-refractivity contribution < 1.29 is 0 Å². The Bertz CT molecular complexity index is 1930. The summed E-state index contributed by atoms with van der Waals surface area (Å²) in [6.07, 6.45) is 0. The molecule has 0 bridgehead atoms. The largest absolute Gasteiger partial charge is 0.309 e. The highest BCUT2D eigenvalue weighted by Crippen LogP contribution is 2.37. The van der Waals surface area contributed by atoms with E-state index in [9.17, 15) is 0 Å². The molecule has 6 aromatic carbocycles. The minimum absolute atomic E-state index is 1.08. The van der Waals surface area contributed by atoms with Crippen molar-refractivity contribution in [2.45, 2.75) is 0 Å². The van der Waals surface area contributed by atoms with E-state index in [1.165, 1.54) is 55.2 Å². The van der Waals surface area contributed by atoms with Gasteiger partial charge in [-0.25, -0.2) is 0 Å². The average Bonchev–Trinajstić information content (AvgIpc) is 3.31. The van der Waals surface area contributed by atoms with Crippen molar-refractivity contribution in [2.24, 2.45) is 0 Å². The standard InChI is InChI=1S/C36H24BrN/c37-29-14-8-12-26(22-29)27-20-21-34-33-18-6-7-19-35(33)38(36(34)24-27)30-15-9-13-28(23-30)32-17-5-4-16-31(32)25-10-2-1-3-11-25/h1-24H. The maximum Gasteiger partial charge on any atom is 0.0547 e. The molecule has 0 atom stereocenters. The van der Waals surface area contributed by atoms with E-state index in [4.69, 9.17) is 0 Å². The van der Waals surface area contributed by atoms with Gasteiger partial charge in [0.15, 0.2) is 0 Å². The Morgan fingerprint density at radius 2 is 1.03 bits per heavy atom. The second-order valence-electron chi connectivity index (χ2n) is 9.56. The fraction of sp³-hybridized carbons (Fsp3) is 0. The molecular weight excluding hydrogens is 526 g/mol. The Balaban J connectivity index is 1.45. The zero-order valence-corrected chi connectivity index (χ0v) is 22.3. The van der Waals surface area contributed by atoms with Gasteiger partial charge < -0.3 is 4.57 Å². The van der Waals surface area contributed by atoms with Crippen LogP contribution in [0.25, 0.3) is 60.9 Å². The monoisotopic (exact) mass is 549 g/mol.